The molecule has 1 aliphatic carbocycles. The van der Waals surface area contributed by atoms with Crippen LogP contribution < -0.4 is 11.5 Å². The number of carbonyl (C=O) groups excluding carboxylic acids is 2. The number of carbonyl (C=O) groups is 2. The van der Waals surface area contributed by atoms with E-state index in [0.717, 1.165) is 74.7 Å². The van der Waals surface area contributed by atoms with Gasteiger partial charge >= 0.3 is 11.9 Å². The number of rotatable bonds is 13. The average Bonchev–Trinajstić information content (AvgIpc) is 2.99. The zero-order valence-corrected chi connectivity index (χ0v) is 24.7. The van der Waals surface area contributed by atoms with E-state index in [1.54, 1.807) is 30.3 Å². The molecule has 0 saturated heterocycles. The predicted molar refractivity (Wildman–Crippen MR) is 170 cm³/mol. The second-order valence-corrected chi connectivity index (χ2v) is 11.9. The summed E-state index contributed by atoms with van der Waals surface area (Å²) in [7, 11) is 0. The maximum Gasteiger partial charge on any atom is 0.338 e. The maximum absolute atomic E-state index is 12.6. The van der Waals surface area contributed by atoms with Crippen LogP contribution in [-0.4, -0.2) is 24.6 Å². The van der Waals surface area contributed by atoms with Gasteiger partial charge in [-0.25, -0.2) is 9.59 Å². The molecular weight excluding hydrogens is 524 g/mol. The van der Waals surface area contributed by atoms with Crippen molar-refractivity contribution in [1.29, 1.82) is 0 Å². The van der Waals surface area contributed by atoms with E-state index in [9.17, 15) is 9.59 Å². The molecule has 3 aromatic rings. The van der Waals surface area contributed by atoms with Crippen molar-refractivity contribution >= 4 is 29.4 Å². The highest BCUT2D eigenvalue weighted by Gasteiger charge is 2.25. The second kappa shape index (κ2) is 15.2. The maximum atomic E-state index is 12.6. The third kappa shape index (κ3) is 10.1. The van der Waals surface area contributed by atoms with E-state index in [-0.39, 0.29) is 23.5 Å². The quantitative estimate of drug-likeness (QED) is 0.0954. The van der Waals surface area contributed by atoms with Gasteiger partial charge in [-0.3, -0.25) is 0 Å². The van der Waals surface area contributed by atoms with E-state index < -0.39 is 0 Å². The SMILES string of the molecule is CC(CCCCOC(=O)c1ccc(/C=C/C(=O)OC2CCCCC2)cc1)(Cc1ccc(N)cc1)Cc1ccc(N)cc1. The van der Waals surface area contributed by atoms with Crippen LogP contribution in [-0.2, 0) is 27.1 Å². The number of hydrogen-bond acceptors (Lipinski definition) is 6. The van der Waals surface area contributed by atoms with Crippen molar-refractivity contribution in [2.24, 2.45) is 5.41 Å². The van der Waals surface area contributed by atoms with Gasteiger partial charge in [0.1, 0.15) is 6.10 Å². The minimum Gasteiger partial charge on any atom is -0.462 e. The first-order valence-corrected chi connectivity index (χ1v) is 15.1. The Morgan fingerprint density at radius 2 is 1.38 bits per heavy atom. The monoisotopic (exact) mass is 568 g/mol. The van der Waals surface area contributed by atoms with Gasteiger partial charge in [-0.1, -0.05) is 49.7 Å². The summed E-state index contributed by atoms with van der Waals surface area (Å²) in [6.45, 7) is 2.69. The molecule has 3 aromatic carbocycles. The lowest BCUT2D eigenvalue weighted by atomic mass is 9.74. The van der Waals surface area contributed by atoms with Gasteiger partial charge in [-0.05, 0) is 122 Å². The van der Waals surface area contributed by atoms with Crippen LogP contribution in [0.3, 0.4) is 0 Å². The van der Waals surface area contributed by atoms with E-state index in [2.05, 4.69) is 31.2 Å². The predicted octanol–water partition coefficient (Wildman–Crippen LogP) is 7.56. The lowest BCUT2D eigenvalue weighted by molar-refractivity contribution is -0.144. The molecule has 6 heteroatoms. The summed E-state index contributed by atoms with van der Waals surface area (Å²) in [6.07, 6.45) is 13.1. The molecule has 0 aromatic heterocycles. The van der Waals surface area contributed by atoms with Crippen LogP contribution in [0, 0.1) is 5.41 Å². The molecule has 6 nitrogen and oxygen atoms in total. The van der Waals surface area contributed by atoms with E-state index in [1.807, 2.05) is 24.3 Å². The van der Waals surface area contributed by atoms with E-state index >= 15 is 0 Å². The largest absolute Gasteiger partial charge is 0.462 e. The Kier molecular flexibility index (Phi) is 11.2. The highest BCUT2D eigenvalue weighted by Crippen LogP contribution is 2.33. The number of nitrogens with two attached hydrogens (primary N) is 2. The summed E-state index contributed by atoms with van der Waals surface area (Å²) in [5.74, 6) is -0.655. The third-order valence-electron chi connectivity index (χ3n) is 8.02. The van der Waals surface area contributed by atoms with Crippen LogP contribution in [0.1, 0.15) is 85.3 Å². The fourth-order valence-electron chi connectivity index (χ4n) is 5.68. The Morgan fingerprint density at radius 1 is 0.810 bits per heavy atom. The molecule has 0 bridgehead atoms. The summed E-state index contributed by atoms with van der Waals surface area (Å²) in [4.78, 5) is 24.7. The Morgan fingerprint density at radius 3 is 1.95 bits per heavy atom. The second-order valence-electron chi connectivity index (χ2n) is 11.9. The number of esters is 2. The molecule has 222 valence electrons. The Balaban J connectivity index is 1.23. The average molecular weight is 569 g/mol. The van der Waals surface area contributed by atoms with Crippen molar-refractivity contribution in [2.75, 3.05) is 18.1 Å². The number of ether oxygens (including phenoxy) is 2. The molecule has 0 aliphatic heterocycles. The Bertz CT molecular complexity index is 1260. The molecule has 1 saturated carbocycles. The number of unbranched alkanes of at least 4 members (excludes halogenated alkanes) is 1. The Hall–Kier alpha value is -4.06. The number of hydrogen-bond donors (Lipinski definition) is 2. The molecular formula is C36H44N2O4. The van der Waals surface area contributed by atoms with E-state index in [1.165, 1.54) is 23.6 Å². The minimum atomic E-state index is -0.339. The zero-order valence-electron chi connectivity index (χ0n) is 24.7. The fourth-order valence-corrected chi connectivity index (χ4v) is 5.68. The molecule has 0 heterocycles. The van der Waals surface area contributed by atoms with Gasteiger partial charge in [0.25, 0.3) is 0 Å². The fraction of sp³-hybridized carbons (Fsp3) is 0.389. The number of anilines is 2. The molecule has 4 rings (SSSR count). The summed E-state index contributed by atoms with van der Waals surface area (Å²) >= 11 is 0. The first kappa shape index (κ1) is 30.9. The molecule has 0 spiro atoms. The van der Waals surface area contributed by atoms with Crippen LogP contribution in [0.25, 0.3) is 6.08 Å². The summed E-state index contributed by atoms with van der Waals surface area (Å²) < 4.78 is 11.1. The van der Waals surface area contributed by atoms with Crippen molar-refractivity contribution in [3.63, 3.8) is 0 Å². The highest BCUT2D eigenvalue weighted by atomic mass is 16.5. The van der Waals surface area contributed by atoms with Crippen molar-refractivity contribution in [3.05, 3.63) is 101 Å². The third-order valence-corrected chi connectivity index (χ3v) is 8.02. The summed E-state index contributed by atoms with van der Waals surface area (Å²) in [5.41, 5.74) is 17.2. The first-order valence-electron chi connectivity index (χ1n) is 15.1. The molecule has 1 fully saturated rings. The van der Waals surface area contributed by atoms with Gasteiger partial charge in [-0.15, -0.1) is 0 Å². The lowest BCUT2D eigenvalue weighted by Gasteiger charge is -2.30. The van der Waals surface area contributed by atoms with Gasteiger partial charge in [0, 0.05) is 17.5 Å². The van der Waals surface area contributed by atoms with Crippen LogP contribution in [0.15, 0.2) is 78.9 Å². The molecule has 42 heavy (non-hydrogen) atoms. The van der Waals surface area contributed by atoms with Crippen LogP contribution in [0.5, 0.6) is 0 Å². The van der Waals surface area contributed by atoms with E-state index in [4.69, 9.17) is 20.9 Å². The zero-order chi connectivity index (χ0) is 29.8. The molecule has 1 aliphatic rings. The van der Waals surface area contributed by atoms with Crippen LogP contribution >= 0.6 is 0 Å². The normalized spacial score (nSPS) is 14.1. The Labute approximate surface area is 250 Å². The van der Waals surface area contributed by atoms with Crippen molar-refractivity contribution < 1.29 is 19.1 Å². The number of nitrogen functional groups attached to an aromatic ring is 2. The van der Waals surface area contributed by atoms with Gasteiger partial charge in [0.2, 0.25) is 0 Å². The smallest absolute Gasteiger partial charge is 0.338 e. The highest BCUT2D eigenvalue weighted by molar-refractivity contribution is 5.90. The lowest BCUT2D eigenvalue weighted by Crippen LogP contribution is -2.23. The van der Waals surface area contributed by atoms with Gasteiger partial charge in [0.15, 0.2) is 0 Å². The van der Waals surface area contributed by atoms with Gasteiger partial charge in [-0.2, -0.15) is 0 Å². The van der Waals surface area contributed by atoms with Crippen molar-refractivity contribution in [2.45, 2.75) is 77.2 Å². The molecule has 4 N–H and O–H groups in total. The standard InChI is InChI=1S/C36H44N2O4/c1-36(25-28-11-18-31(37)19-12-28,26-29-13-20-32(38)21-14-29)23-5-6-24-41-35(40)30-16-9-27(10-17-30)15-22-34(39)42-33-7-3-2-4-8-33/h9-22,33H,2-8,23-26,37-38H2,1H3/b22-15+. The van der Waals surface area contributed by atoms with Crippen molar-refractivity contribution in [1.82, 2.24) is 0 Å². The minimum absolute atomic E-state index is 0.0302. The topological polar surface area (TPSA) is 105 Å². The summed E-state index contributed by atoms with van der Waals surface area (Å²) in [5, 5.41) is 0. The van der Waals surface area contributed by atoms with Gasteiger partial charge < -0.3 is 20.9 Å². The molecule has 0 amide bonds. The molecule has 0 unspecified atom stereocenters. The van der Waals surface area contributed by atoms with Crippen LogP contribution in [0.4, 0.5) is 11.4 Å². The molecule has 0 atom stereocenters. The first-order chi connectivity index (χ1) is 20.3. The van der Waals surface area contributed by atoms with Gasteiger partial charge in [0.05, 0.1) is 12.2 Å². The molecule has 0 radical (unpaired) electrons. The van der Waals surface area contributed by atoms with E-state index in [0.29, 0.717) is 12.2 Å². The summed E-state index contributed by atoms with van der Waals surface area (Å²) in [6, 6.07) is 23.3. The van der Waals surface area contributed by atoms with Crippen molar-refractivity contribution in [3.8, 4) is 0 Å². The number of benzene rings is 3. The van der Waals surface area contributed by atoms with Crippen LogP contribution in [0.2, 0.25) is 0 Å².